The number of aliphatic carboxylic acids is 1. The number of ether oxygens (including phenoxy) is 2. The molecule has 0 aliphatic heterocycles. The number of methoxy groups -OCH3 is 2. The molecule has 1 aromatic carbocycles. The summed E-state index contributed by atoms with van der Waals surface area (Å²) in [6, 6.07) is 5.47. The van der Waals surface area contributed by atoms with Crippen LogP contribution in [0.1, 0.15) is 31.2 Å². The van der Waals surface area contributed by atoms with Crippen LogP contribution < -0.4 is 9.47 Å². The third-order valence-corrected chi connectivity index (χ3v) is 2.79. The lowest BCUT2D eigenvalue weighted by Crippen LogP contribution is -2.08. The molecule has 1 unspecified atom stereocenters. The molecular weight excluding hydrogens is 220 g/mol. The average Bonchev–Trinajstić information content (AvgIpc) is 2.34. The summed E-state index contributed by atoms with van der Waals surface area (Å²) in [6.07, 6.45) is 0.802. The standard InChI is InChI=1S/C13H18O4/c1-4-9(8-12(14)15)13-10(16-2)6-5-7-11(13)17-3/h5-7,9H,4,8H2,1-3H3,(H,14,15). The first-order chi connectivity index (χ1) is 8.13. The molecule has 4 nitrogen and oxygen atoms in total. The molecular formula is C13H18O4. The van der Waals surface area contributed by atoms with Gasteiger partial charge < -0.3 is 14.6 Å². The fourth-order valence-corrected chi connectivity index (χ4v) is 1.94. The lowest BCUT2D eigenvalue weighted by molar-refractivity contribution is -0.137. The van der Waals surface area contributed by atoms with E-state index in [9.17, 15) is 4.79 Å². The summed E-state index contributed by atoms with van der Waals surface area (Å²) < 4.78 is 10.6. The summed E-state index contributed by atoms with van der Waals surface area (Å²) >= 11 is 0. The van der Waals surface area contributed by atoms with Crippen LogP contribution >= 0.6 is 0 Å². The van der Waals surface area contributed by atoms with E-state index >= 15 is 0 Å². The molecule has 0 aliphatic carbocycles. The molecule has 0 spiro atoms. The molecule has 1 N–H and O–H groups in total. The van der Waals surface area contributed by atoms with Crippen molar-refractivity contribution in [1.29, 1.82) is 0 Å². The van der Waals surface area contributed by atoms with E-state index in [1.54, 1.807) is 14.2 Å². The number of hydrogen-bond acceptors (Lipinski definition) is 3. The fourth-order valence-electron chi connectivity index (χ4n) is 1.94. The highest BCUT2D eigenvalue weighted by atomic mass is 16.5. The first-order valence-corrected chi connectivity index (χ1v) is 5.56. The van der Waals surface area contributed by atoms with Crippen LogP contribution in [-0.2, 0) is 4.79 Å². The number of carboxylic acid groups (broad SMARTS) is 1. The van der Waals surface area contributed by atoms with Gasteiger partial charge in [-0.3, -0.25) is 4.79 Å². The van der Waals surface area contributed by atoms with Crippen LogP contribution in [-0.4, -0.2) is 25.3 Å². The maximum atomic E-state index is 10.9. The van der Waals surface area contributed by atoms with Crippen molar-refractivity contribution in [1.82, 2.24) is 0 Å². The van der Waals surface area contributed by atoms with Gasteiger partial charge in [0.05, 0.1) is 20.6 Å². The minimum Gasteiger partial charge on any atom is -0.496 e. The number of rotatable bonds is 6. The van der Waals surface area contributed by atoms with Crippen molar-refractivity contribution in [2.45, 2.75) is 25.7 Å². The zero-order valence-corrected chi connectivity index (χ0v) is 10.4. The predicted octanol–water partition coefficient (Wildman–Crippen LogP) is 2.67. The molecule has 94 valence electrons. The van der Waals surface area contributed by atoms with E-state index in [1.807, 2.05) is 25.1 Å². The average molecular weight is 238 g/mol. The second kappa shape index (κ2) is 6.13. The monoisotopic (exact) mass is 238 g/mol. The molecule has 1 aromatic rings. The maximum absolute atomic E-state index is 10.9. The second-order valence-electron chi connectivity index (χ2n) is 3.78. The van der Waals surface area contributed by atoms with Crippen LogP contribution in [0.2, 0.25) is 0 Å². The van der Waals surface area contributed by atoms with Gasteiger partial charge >= 0.3 is 5.97 Å². The number of hydrogen-bond donors (Lipinski definition) is 1. The van der Waals surface area contributed by atoms with Crippen LogP contribution in [0.5, 0.6) is 11.5 Å². The van der Waals surface area contributed by atoms with E-state index < -0.39 is 5.97 Å². The number of carbonyl (C=O) groups is 1. The quantitative estimate of drug-likeness (QED) is 0.827. The molecule has 0 fully saturated rings. The normalized spacial score (nSPS) is 11.9. The Bertz CT molecular complexity index is 365. The van der Waals surface area contributed by atoms with E-state index in [1.165, 1.54) is 0 Å². The summed E-state index contributed by atoms with van der Waals surface area (Å²) in [5, 5.41) is 8.92. The topological polar surface area (TPSA) is 55.8 Å². The van der Waals surface area contributed by atoms with Crippen molar-refractivity contribution in [3.05, 3.63) is 23.8 Å². The Labute approximate surface area is 101 Å². The Morgan fingerprint density at radius 3 is 2.18 bits per heavy atom. The summed E-state index contributed by atoms with van der Waals surface area (Å²) in [6.45, 7) is 1.96. The van der Waals surface area contributed by atoms with Gasteiger partial charge in [-0.1, -0.05) is 13.0 Å². The lowest BCUT2D eigenvalue weighted by Gasteiger charge is -2.19. The summed E-state index contributed by atoms with van der Waals surface area (Å²) in [4.78, 5) is 10.9. The largest absolute Gasteiger partial charge is 0.496 e. The fraction of sp³-hybridized carbons (Fsp3) is 0.462. The Morgan fingerprint density at radius 2 is 1.82 bits per heavy atom. The molecule has 4 heteroatoms. The van der Waals surface area contributed by atoms with Gasteiger partial charge in [-0.2, -0.15) is 0 Å². The Morgan fingerprint density at radius 1 is 1.29 bits per heavy atom. The molecule has 1 rings (SSSR count). The molecule has 0 saturated heterocycles. The molecule has 1 atom stereocenters. The number of benzene rings is 1. The van der Waals surface area contributed by atoms with Gasteiger partial charge in [0.2, 0.25) is 0 Å². The van der Waals surface area contributed by atoms with Crippen molar-refractivity contribution in [2.24, 2.45) is 0 Å². The Balaban J connectivity index is 3.18. The van der Waals surface area contributed by atoms with Gasteiger partial charge in [-0.15, -0.1) is 0 Å². The molecule has 17 heavy (non-hydrogen) atoms. The second-order valence-corrected chi connectivity index (χ2v) is 3.78. The highest BCUT2D eigenvalue weighted by molar-refractivity contribution is 5.68. The third kappa shape index (κ3) is 3.12. The molecule has 0 aromatic heterocycles. The van der Waals surface area contributed by atoms with E-state index in [2.05, 4.69) is 0 Å². The number of carboxylic acids is 1. The van der Waals surface area contributed by atoms with E-state index in [0.717, 1.165) is 12.0 Å². The van der Waals surface area contributed by atoms with E-state index in [4.69, 9.17) is 14.6 Å². The van der Waals surface area contributed by atoms with Gasteiger partial charge in [0.15, 0.2) is 0 Å². The first kappa shape index (κ1) is 13.4. The molecule has 0 saturated carbocycles. The van der Waals surface area contributed by atoms with Gasteiger partial charge in [-0.25, -0.2) is 0 Å². The lowest BCUT2D eigenvalue weighted by atomic mass is 9.91. The summed E-state index contributed by atoms with van der Waals surface area (Å²) in [7, 11) is 3.15. The van der Waals surface area contributed by atoms with Crippen LogP contribution in [0.4, 0.5) is 0 Å². The van der Waals surface area contributed by atoms with Gasteiger partial charge in [0.1, 0.15) is 11.5 Å². The Hall–Kier alpha value is -1.71. The van der Waals surface area contributed by atoms with Crippen molar-refractivity contribution >= 4 is 5.97 Å². The van der Waals surface area contributed by atoms with Crippen LogP contribution in [0.25, 0.3) is 0 Å². The van der Waals surface area contributed by atoms with Crippen molar-refractivity contribution in [2.75, 3.05) is 14.2 Å². The summed E-state index contributed by atoms with van der Waals surface area (Å²) in [5.41, 5.74) is 0.836. The van der Waals surface area contributed by atoms with Crippen molar-refractivity contribution < 1.29 is 19.4 Å². The zero-order chi connectivity index (χ0) is 12.8. The minimum absolute atomic E-state index is 0.0766. The molecule has 0 heterocycles. The van der Waals surface area contributed by atoms with Crippen LogP contribution in [0, 0.1) is 0 Å². The molecule has 0 aliphatic rings. The van der Waals surface area contributed by atoms with Gasteiger partial charge in [-0.05, 0) is 18.6 Å². The zero-order valence-electron chi connectivity index (χ0n) is 10.4. The molecule has 0 amide bonds. The van der Waals surface area contributed by atoms with Crippen LogP contribution in [0.3, 0.4) is 0 Å². The minimum atomic E-state index is -0.815. The highest BCUT2D eigenvalue weighted by Gasteiger charge is 2.21. The maximum Gasteiger partial charge on any atom is 0.303 e. The smallest absolute Gasteiger partial charge is 0.303 e. The van der Waals surface area contributed by atoms with Crippen molar-refractivity contribution in [3.8, 4) is 11.5 Å². The SMILES string of the molecule is CCC(CC(=O)O)c1c(OC)cccc1OC. The third-order valence-electron chi connectivity index (χ3n) is 2.79. The van der Waals surface area contributed by atoms with Gasteiger partial charge in [0, 0.05) is 11.5 Å². The van der Waals surface area contributed by atoms with E-state index in [0.29, 0.717) is 11.5 Å². The molecule has 0 radical (unpaired) electrons. The van der Waals surface area contributed by atoms with Gasteiger partial charge in [0.25, 0.3) is 0 Å². The summed E-state index contributed by atoms with van der Waals surface area (Å²) in [5.74, 6) is 0.443. The molecule has 0 bridgehead atoms. The van der Waals surface area contributed by atoms with Crippen molar-refractivity contribution in [3.63, 3.8) is 0 Å². The first-order valence-electron chi connectivity index (χ1n) is 5.56. The highest BCUT2D eigenvalue weighted by Crippen LogP contribution is 2.38. The van der Waals surface area contributed by atoms with Crippen LogP contribution in [0.15, 0.2) is 18.2 Å². The Kier molecular flexibility index (Phi) is 4.82. The van der Waals surface area contributed by atoms with E-state index in [-0.39, 0.29) is 12.3 Å². The predicted molar refractivity (Wildman–Crippen MR) is 64.8 cm³/mol.